The van der Waals surface area contributed by atoms with Crippen molar-refractivity contribution in [1.29, 1.82) is 0 Å². The second kappa shape index (κ2) is 7.57. The Morgan fingerprint density at radius 2 is 2.14 bits per heavy atom. The molecule has 4 heteroatoms. The molecule has 1 unspecified atom stereocenters. The average Bonchev–Trinajstić information content (AvgIpc) is 2.96. The zero-order valence-electron chi connectivity index (χ0n) is 13.1. The first-order valence-electron chi connectivity index (χ1n) is 7.61. The van der Waals surface area contributed by atoms with Gasteiger partial charge in [-0.25, -0.2) is 4.98 Å². The number of aromatic nitrogens is 1. The first kappa shape index (κ1) is 16.0. The van der Waals surface area contributed by atoms with E-state index in [0.29, 0.717) is 19.1 Å². The maximum absolute atomic E-state index is 5.76. The van der Waals surface area contributed by atoms with Crippen LogP contribution in [-0.2, 0) is 6.42 Å². The Morgan fingerprint density at radius 3 is 2.81 bits per heavy atom. The lowest BCUT2D eigenvalue weighted by Crippen LogP contribution is -2.02. The number of rotatable bonds is 7. The van der Waals surface area contributed by atoms with Gasteiger partial charge >= 0.3 is 0 Å². The van der Waals surface area contributed by atoms with Gasteiger partial charge in [-0.05, 0) is 49.6 Å². The minimum atomic E-state index is 0.480. The van der Waals surface area contributed by atoms with E-state index in [1.165, 1.54) is 5.56 Å². The van der Waals surface area contributed by atoms with Crippen LogP contribution in [0.15, 0.2) is 23.6 Å². The molecule has 0 saturated carbocycles. The summed E-state index contributed by atoms with van der Waals surface area (Å²) < 4.78 is 5.76. The molecule has 0 spiro atoms. The number of nitrogens with zero attached hydrogens (tertiary/aromatic N) is 1. The predicted molar refractivity (Wildman–Crippen MR) is 90.2 cm³/mol. The summed E-state index contributed by atoms with van der Waals surface area (Å²) in [6, 6.07) is 6.39. The van der Waals surface area contributed by atoms with Gasteiger partial charge in [0, 0.05) is 17.4 Å². The van der Waals surface area contributed by atoms with Crippen molar-refractivity contribution in [3.8, 4) is 17.0 Å². The van der Waals surface area contributed by atoms with Gasteiger partial charge in [0.25, 0.3) is 0 Å². The molecule has 0 bridgehead atoms. The van der Waals surface area contributed by atoms with E-state index in [0.717, 1.165) is 34.9 Å². The fraction of sp³-hybridized carbons (Fsp3) is 0.471. The van der Waals surface area contributed by atoms with Crippen LogP contribution in [0.25, 0.3) is 11.3 Å². The van der Waals surface area contributed by atoms with Gasteiger partial charge in [0.15, 0.2) is 0 Å². The Labute approximate surface area is 131 Å². The van der Waals surface area contributed by atoms with Gasteiger partial charge in [-0.3, -0.25) is 0 Å². The van der Waals surface area contributed by atoms with Crippen molar-refractivity contribution in [2.45, 2.75) is 39.5 Å². The molecule has 0 radical (unpaired) electrons. The number of nitrogens with two attached hydrogens (primary N) is 1. The summed E-state index contributed by atoms with van der Waals surface area (Å²) in [6.45, 7) is 7.81. The van der Waals surface area contributed by atoms with Crippen LogP contribution >= 0.6 is 11.3 Å². The van der Waals surface area contributed by atoms with E-state index in [1.807, 2.05) is 6.92 Å². The van der Waals surface area contributed by atoms with Gasteiger partial charge in [0.1, 0.15) is 5.75 Å². The molecule has 21 heavy (non-hydrogen) atoms. The highest BCUT2D eigenvalue weighted by Gasteiger charge is 2.13. The summed E-state index contributed by atoms with van der Waals surface area (Å²) in [5.41, 5.74) is 9.06. The van der Waals surface area contributed by atoms with E-state index in [4.69, 9.17) is 10.5 Å². The molecule has 0 aliphatic carbocycles. The number of ether oxygens (including phenoxy) is 1. The molecule has 114 valence electrons. The van der Waals surface area contributed by atoms with Gasteiger partial charge in [0.2, 0.25) is 0 Å². The number of hydrogen-bond acceptors (Lipinski definition) is 4. The van der Waals surface area contributed by atoms with Crippen LogP contribution < -0.4 is 10.5 Å². The highest BCUT2D eigenvalue weighted by molar-refractivity contribution is 7.09. The second-order valence-electron chi connectivity index (χ2n) is 5.16. The second-order valence-corrected chi connectivity index (χ2v) is 6.10. The number of benzene rings is 1. The maximum atomic E-state index is 5.76. The Kier molecular flexibility index (Phi) is 5.76. The third-order valence-corrected chi connectivity index (χ3v) is 4.57. The minimum absolute atomic E-state index is 0.480. The lowest BCUT2D eigenvalue weighted by atomic mass is 9.95. The SMILES string of the molecule is CCOc1ccc(-c2csc(CCN)n2)cc1C(C)CC. The monoisotopic (exact) mass is 304 g/mol. The van der Waals surface area contributed by atoms with Gasteiger partial charge in [-0.2, -0.15) is 0 Å². The molecule has 1 aromatic carbocycles. The van der Waals surface area contributed by atoms with Crippen LogP contribution in [0.5, 0.6) is 5.75 Å². The van der Waals surface area contributed by atoms with Crippen molar-refractivity contribution in [3.63, 3.8) is 0 Å². The van der Waals surface area contributed by atoms with Crippen LogP contribution in [0.1, 0.15) is 43.7 Å². The normalized spacial score (nSPS) is 12.4. The molecule has 0 fully saturated rings. The molecule has 2 rings (SSSR count). The van der Waals surface area contributed by atoms with Crippen molar-refractivity contribution in [2.24, 2.45) is 5.73 Å². The zero-order valence-corrected chi connectivity index (χ0v) is 13.9. The van der Waals surface area contributed by atoms with Gasteiger partial charge in [-0.15, -0.1) is 11.3 Å². The lowest BCUT2D eigenvalue weighted by Gasteiger charge is -2.16. The molecule has 0 aliphatic heterocycles. The van der Waals surface area contributed by atoms with E-state index in [1.54, 1.807) is 11.3 Å². The standard InChI is InChI=1S/C17H24N2OS/c1-4-12(3)14-10-13(6-7-16(14)20-5-2)15-11-21-17(19-15)8-9-18/h6-7,10-12H,4-5,8-9,18H2,1-3H3. The fourth-order valence-corrected chi connectivity index (χ4v) is 3.10. The smallest absolute Gasteiger partial charge is 0.122 e. The number of hydrogen-bond donors (Lipinski definition) is 1. The van der Waals surface area contributed by atoms with Crippen molar-refractivity contribution in [1.82, 2.24) is 4.98 Å². The van der Waals surface area contributed by atoms with Gasteiger partial charge < -0.3 is 10.5 Å². The van der Waals surface area contributed by atoms with Crippen LogP contribution in [0.3, 0.4) is 0 Å². The van der Waals surface area contributed by atoms with E-state index in [9.17, 15) is 0 Å². The molecule has 0 aliphatic rings. The molecule has 1 aromatic heterocycles. The molecule has 0 amide bonds. The van der Waals surface area contributed by atoms with E-state index in [-0.39, 0.29) is 0 Å². The van der Waals surface area contributed by atoms with Crippen molar-refractivity contribution < 1.29 is 4.74 Å². The van der Waals surface area contributed by atoms with Crippen LogP contribution in [-0.4, -0.2) is 18.1 Å². The van der Waals surface area contributed by atoms with Crippen LogP contribution in [0.4, 0.5) is 0 Å². The summed E-state index contributed by atoms with van der Waals surface area (Å²) in [7, 11) is 0. The summed E-state index contributed by atoms with van der Waals surface area (Å²) in [6.07, 6.45) is 1.94. The molecule has 0 saturated heterocycles. The molecular weight excluding hydrogens is 280 g/mol. The van der Waals surface area contributed by atoms with Gasteiger partial charge in [-0.1, -0.05) is 13.8 Å². The quantitative estimate of drug-likeness (QED) is 0.833. The van der Waals surface area contributed by atoms with Crippen LogP contribution in [0.2, 0.25) is 0 Å². The Balaban J connectivity index is 2.35. The van der Waals surface area contributed by atoms with Gasteiger partial charge in [0.05, 0.1) is 17.3 Å². The first-order chi connectivity index (χ1) is 10.2. The van der Waals surface area contributed by atoms with Crippen LogP contribution in [0, 0.1) is 0 Å². The van der Waals surface area contributed by atoms with Crippen molar-refractivity contribution >= 4 is 11.3 Å². The summed E-state index contributed by atoms with van der Waals surface area (Å²) in [4.78, 5) is 4.67. The maximum Gasteiger partial charge on any atom is 0.122 e. The first-order valence-corrected chi connectivity index (χ1v) is 8.49. The summed E-state index contributed by atoms with van der Waals surface area (Å²) in [5, 5.41) is 3.22. The van der Waals surface area contributed by atoms with Crippen molar-refractivity contribution in [2.75, 3.05) is 13.2 Å². The summed E-state index contributed by atoms with van der Waals surface area (Å²) in [5.74, 6) is 1.47. The molecule has 1 atom stereocenters. The third kappa shape index (κ3) is 3.83. The van der Waals surface area contributed by atoms with E-state index >= 15 is 0 Å². The predicted octanol–water partition coefficient (Wildman–Crippen LogP) is 4.22. The Morgan fingerprint density at radius 1 is 1.33 bits per heavy atom. The summed E-state index contributed by atoms with van der Waals surface area (Å²) >= 11 is 1.68. The molecule has 2 aromatic rings. The topological polar surface area (TPSA) is 48.1 Å². The molecule has 3 nitrogen and oxygen atoms in total. The average molecular weight is 304 g/mol. The fourth-order valence-electron chi connectivity index (χ4n) is 2.28. The highest BCUT2D eigenvalue weighted by Crippen LogP contribution is 2.33. The number of thiazole rings is 1. The Hall–Kier alpha value is -1.39. The molecule has 1 heterocycles. The van der Waals surface area contributed by atoms with E-state index < -0.39 is 0 Å². The third-order valence-electron chi connectivity index (χ3n) is 3.66. The minimum Gasteiger partial charge on any atom is -0.494 e. The highest BCUT2D eigenvalue weighted by atomic mass is 32.1. The van der Waals surface area contributed by atoms with Crippen molar-refractivity contribution in [3.05, 3.63) is 34.2 Å². The largest absolute Gasteiger partial charge is 0.494 e. The lowest BCUT2D eigenvalue weighted by molar-refractivity contribution is 0.334. The Bertz CT molecular complexity index is 580. The zero-order chi connectivity index (χ0) is 15.2. The molecule has 2 N–H and O–H groups in total. The molecular formula is C17H24N2OS. The van der Waals surface area contributed by atoms with E-state index in [2.05, 4.69) is 42.4 Å².